The van der Waals surface area contributed by atoms with Crippen LogP contribution in [0, 0.1) is 5.92 Å². The number of nitrogens with zero attached hydrogens (tertiary/aromatic N) is 4. The van der Waals surface area contributed by atoms with Crippen LogP contribution in [0.3, 0.4) is 0 Å². The van der Waals surface area contributed by atoms with Crippen molar-refractivity contribution in [3.05, 3.63) is 62.9 Å². The van der Waals surface area contributed by atoms with E-state index >= 15 is 0 Å². The Morgan fingerprint density at radius 2 is 1.80 bits per heavy atom. The van der Waals surface area contributed by atoms with Crippen LogP contribution in [0.15, 0.2) is 46.1 Å². The van der Waals surface area contributed by atoms with E-state index in [1.807, 2.05) is 18.3 Å². The van der Waals surface area contributed by atoms with Gasteiger partial charge in [0.15, 0.2) is 0 Å². The minimum Gasteiger partial charge on any atom is -0.314 e. The van der Waals surface area contributed by atoms with Crippen LogP contribution in [0.5, 0.6) is 0 Å². The second-order valence-electron chi connectivity index (χ2n) is 7.85. The summed E-state index contributed by atoms with van der Waals surface area (Å²) in [6, 6.07) is 8.66. The molecule has 3 rings (SSSR count). The highest BCUT2D eigenvalue weighted by atomic mass is 16.1. The lowest BCUT2D eigenvalue weighted by Gasteiger charge is -2.39. The lowest BCUT2D eigenvalue weighted by atomic mass is 9.92. The Kier molecular flexibility index (Phi) is 4.90. The summed E-state index contributed by atoms with van der Waals surface area (Å²) >= 11 is 0. The maximum Gasteiger partial charge on any atom is 0.266 e. The molecule has 134 valence electrons. The molecule has 0 amide bonds. The molecule has 3 heterocycles. The Hall–Kier alpha value is -2.21. The molecule has 0 aliphatic carbocycles. The number of pyridine rings is 1. The van der Waals surface area contributed by atoms with Crippen LogP contribution in [-0.4, -0.2) is 38.9 Å². The van der Waals surface area contributed by atoms with Crippen molar-refractivity contribution < 1.29 is 0 Å². The summed E-state index contributed by atoms with van der Waals surface area (Å²) in [5.41, 5.74) is 0.868. The molecule has 0 radical (unpaired) electrons. The van der Waals surface area contributed by atoms with Gasteiger partial charge in [-0.2, -0.15) is 5.10 Å². The summed E-state index contributed by atoms with van der Waals surface area (Å²) in [6.45, 7) is 10.4. The fraction of sp³-hybridized carbons (Fsp3) is 0.526. The Morgan fingerprint density at radius 3 is 2.48 bits per heavy atom. The minimum atomic E-state index is -0.0654. The van der Waals surface area contributed by atoms with E-state index in [2.05, 4.69) is 30.8 Å². The predicted molar refractivity (Wildman–Crippen MR) is 97.8 cm³/mol. The third-order valence-corrected chi connectivity index (χ3v) is 4.66. The highest BCUT2D eigenvalue weighted by Crippen LogP contribution is 2.19. The molecule has 1 aliphatic heterocycles. The van der Waals surface area contributed by atoms with Gasteiger partial charge in [0.1, 0.15) is 0 Å². The lowest BCUT2D eigenvalue weighted by molar-refractivity contribution is 0.0799. The highest BCUT2D eigenvalue weighted by Gasteiger charge is 2.27. The van der Waals surface area contributed by atoms with Crippen LogP contribution in [0.2, 0.25) is 0 Å². The SMILES string of the molecule is CC(C)(C)c1ccc(=O)n(CC2CN(CCn3ccccc3=O)C2)n1. The van der Waals surface area contributed by atoms with Gasteiger partial charge in [0.05, 0.1) is 12.2 Å². The first-order valence-corrected chi connectivity index (χ1v) is 8.79. The molecular weight excluding hydrogens is 316 g/mol. The molecule has 25 heavy (non-hydrogen) atoms. The van der Waals surface area contributed by atoms with Crippen LogP contribution in [0.4, 0.5) is 0 Å². The van der Waals surface area contributed by atoms with E-state index < -0.39 is 0 Å². The Bertz CT molecular complexity index is 841. The fourth-order valence-corrected chi connectivity index (χ4v) is 3.09. The van der Waals surface area contributed by atoms with E-state index in [4.69, 9.17) is 0 Å². The van der Waals surface area contributed by atoms with E-state index in [1.165, 1.54) is 0 Å². The molecule has 0 atom stereocenters. The molecule has 0 N–H and O–H groups in total. The van der Waals surface area contributed by atoms with E-state index in [0.29, 0.717) is 19.0 Å². The maximum atomic E-state index is 12.1. The van der Waals surface area contributed by atoms with Crippen molar-refractivity contribution in [2.45, 2.75) is 39.3 Å². The van der Waals surface area contributed by atoms with Crippen molar-refractivity contribution in [3.8, 4) is 0 Å². The number of hydrogen-bond donors (Lipinski definition) is 0. The van der Waals surface area contributed by atoms with Crippen molar-refractivity contribution in [3.63, 3.8) is 0 Å². The van der Waals surface area contributed by atoms with Gasteiger partial charge in [0, 0.05) is 55.8 Å². The molecule has 2 aromatic heterocycles. The van der Waals surface area contributed by atoms with Crippen molar-refractivity contribution >= 4 is 0 Å². The Morgan fingerprint density at radius 1 is 1.04 bits per heavy atom. The number of hydrogen-bond acceptors (Lipinski definition) is 4. The van der Waals surface area contributed by atoms with E-state index in [1.54, 1.807) is 27.4 Å². The summed E-state index contributed by atoms with van der Waals surface area (Å²) in [5.74, 6) is 0.438. The van der Waals surface area contributed by atoms with E-state index in [0.717, 1.165) is 25.3 Å². The first kappa shape index (κ1) is 17.6. The molecule has 1 aliphatic rings. The van der Waals surface area contributed by atoms with Crippen molar-refractivity contribution in [2.24, 2.45) is 5.92 Å². The van der Waals surface area contributed by atoms with Crippen molar-refractivity contribution in [1.29, 1.82) is 0 Å². The monoisotopic (exact) mass is 342 g/mol. The molecule has 1 saturated heterocycles. The zero-order valence-electron chi connectivity index (χ0n) is 15.2. The summed E-state index contributed by atoms with van der Waals surface area (Å²) in [6.07, 6.45) is 1.82. The zero-order valence-corrected chi connectivity index (χ0v) is 15.2. The molecule has 1 fully saturated rings. The average molecular weight is 342 g/mol. The smallest absolute Gasteiger partial charge is 0.266 e. The van der Waals surface area contributed by atoms with Crippen LogP contribution < -0.4 is 11.1 Å². The third kappa shape index (κ3) is 4.25. The van der Waals surface area contributed by atoms with Crippen LogP contribution in [-0.2, 0) is 18.5 Å². The largest absolute Gasteiger partial charge is 0.314 e. The van der Waals surface area contributed by atoms with Crippen LogP contribution >= 0.6 is 0 Å². The first-order valence-electron chi connectivity index (χ1n) is 8.79. The van der Waals surface area contributed by atoms with E-state index in [9.17, 15) is 9.59 Å². The van der Waals surface area contributed by atoms with Crippen molar-refractivity contribution in [2.75, 3.05) is 19.6 Å². The van der Waals surface area contributed by atoms with E-state index in [-0.39, 0.29) is 16.5 Å². The quantitative estimate of drug-likeness (QED) is 0.823. The summed E-state index contributed by atoms with van der Waals surface area (Å²) in [4.78, 5) is 26.1. The number of aromatic nitrogens is 3. The van der Waals surface area contributed by atoms with Gasteiger partial charge < -0.3 is 9.47 Å². The number of likely N-dealkylation sites (tertiary alicyclic amines) is 1. The maximum absolute atomic E-state index is 12.1. The molecule has 6 heteroatoms. The van der Waals surface area contributed by atoms with Gasteiger partial charge in [-0.1, -0.05) is 26.8 Å². The van der Waals surface area contributed by atoms with Gasteiger partial charge in [-0.3, -0.25) is 9.59 Å². The molecular formula is C19H26N4O2. The molecule has 0 aromatic carbocycles. The van der Waals surface area contributed by atoms with Gasteiger partial charge >= 0.3 is 0 Å². The number of rotatable bonds is 5. The van der Waals surface area contributed by atoms with Crippen LogP contribution in [0.1, 0.15) is 26.5 Å². The molecule has 6 nitrogen and oxygen atoms in total. The molecule has 2 aromatic rings. The summed E-state index contributed by atoms with van der Waals surface area (Å²) < 4.78 is 3.33. The molecule has 0 unspecified atom stereocenters. The molecule has 0 spiro atoms. The topological polar surface area (TPSA) is 60.1 Å². The molecule has 0 saturated carbocycles. The lowest BCUT2D eigenvalue weighted by Crippen LogP contribution is -2.50. The van der Waals surface area contributed by atoms with Gasteiger partial charge in [-0.25, -0.2) is 4.68 Å². The summed E-state index contributed by atoms with van der Waals surface area (Å²) in [5, 5.41) is 4.54. The zero-order chi connectivity index (χ0) is 18.0. The van der Waals surface area contributed by atoms with Crippen LogP contribution in [0.25, 0.3) is 0 Å². The predicted octanol–water partition coefficient (Wildman–Crippen LogP) is 1.33. The van der Waals surface area contributed by atoms with Gasteiger partial charge in [0.2, 0.25) is 0 Å². The Labute approximate surface area is 147 Å². The van der Waals surface area contributed by atoms with Gasteiger partial charge in [0.25, 0.3) is 11.1 Å². The second kappa shape index (κ2) is 6.96. The van der Waals surface area contributed by atoms with Crippen molar-refractivity contribution in [1.82, 2.24) is 19.2 Å². The third-order valence-electron chi connectivity index (χ3n) is 4.66. The standard InChI is InChI=1S/C19H26N4O2/c1-19(2,3)16-7-8-18(25)23(20-16)14-15-12-21(13-15)10-11-22-9-5-4-6-17(22)24/h4-9,15H,10-14H2,1-3H3. The van der Waals surface area contributed by atoms with Gasteiger partial charge in [-0.15, -0.1) is 0 Å². The second-order valence-corrected chi connectivity index (χ2v) is 7.85. The first-order chi connectivity index (χ1) is 11.8. The molecule has 0 bridgehead atoms. The minimum absolute atomic E-state index is 0.0364. The normalized spacial score (nSPS) is 16.0. The van der Waals surface area contributed by atoms with Gasteiger partial charge in [-0.05, 0) is 12.1 Å². The summed E-state index contributed by atoms with van der Waals surface area (Å²) in [7, 11) is 0. The highest BCUT2D eigenvalue weighted by molar-refractivity contribution is 5.10. The average Bonchev–Trinajstić information content (AvgIpc) is 2.51. The fourth-order valence-electron chi connectivity index (χ4n) is 3.09. The Balaban J connectivity index is 1.53.